The number of thiazole rings is 1. The summed E-state index contributed by atoms with van der Waals surface area (Å²) in [4.78, 5) is 5.72. The second-order valence-corrected chi connectivity index (χ2v) is 5.08. The predicted molar refractivity (Wildman–Crippen MR) is 58.1 cm³/mol. The SMILES string of the molecule is CCCc1nc(C)c(C(C)(C)N)s1. The first-order chi connectivity index (χ1) is 5.95. The first-order valence-electron chi connectivity index (χ1n) is 4.70. The molecular formula is C10H18N2S. The minimum Gasteiger partial charge on any atom is -0.321 e. The van der Waals surface area contributed by atoms with Crippen LogP contribution in [0.2, 0.25) is 0 Å². The third kappa shape index (κ3) is 2.51. The van der Waals surface area contributed by atoms with Crippen LogP contribution in [-0.2, 0) is 12.0 Å². The second-order valence-electron chi connectivity index (χ2n) is 3.99. The topological polar surface area (TPSA) is 38.9 Å². The van der Waals surface area contributed by atoms with Crippen LogP contribution in [0.15, 0.2) is 0 Å². The molecule has 0 amide bonds. The number of hydrogen-bond acceptors (Lipinski definition) is 3. The summed E-state index contributed by atoms with van der Waals surface area (Å²) in [5, 5.41) is 1.22. The number of hydrogen-bond donors (Lipinski definition) is 1. The molecule has 2 N–H and O–H groups in total. The Kier molecular flexibility index (Phi) is 3.09. The fourth-order valence-corrected chi connectivity index (χ4v) is 2.55. The van der Waals surface area contributed by atoms with Gasteiger partial charge in [0, 0.05) is 10.4 Å². The molecule has 0 bridgehead atoms. The maximum atomic E-state index is 6.04. The fraction of sp³-hybridized carbons (Fsp3) is 0.700. The number of aryl methyl sites for hydroxylation is 2. The zero-order chi connectivity index (χ0) is 10.1. The van der Waals surface area contributed by atoms with E-state index >= 15 is 0 Å². The van der Waals surface area contributed by atoms with Crippen LogP contribution in [0.25, 0.3) is 0 Å². The highest BCUT2D eigenvalue weighted by Gasteiger charge is 2.20. The van der Waals surface area contributed by atoms with E-state index in [2.05, 4.69) is 11.9 Å². The highest BCUT2D eigenvalue weighted by molar-refractivity contribution is 7.11. The monoisotopic (exact) mass is 198 g/mol. The van der Waals surface area contributed by atoms with Crippen LogP contribution in [0.1, 0.15) is 42.8 Å². The minimum absolute atomic E-state index is 0.242. The molecule has 0 aliphatic rings. The second kappa shape index (κ2) is 3.76. The molecule has 0 aliphatic heterocycles. The van der Waals surface area contributed by atoms with Gasteiger partial charge in [0.25, 0.3) is 0 Å². The summed E-state index contributed by atoms with van der Waals surface area (Å²) in [5.41, 5.74) is 6.89. The van der Waals surface area contributed by atoms with Crippen molar-refractivity contribution in [1.82, 2.24) is 4.98 Å². The molecule has 0 fully saturated rings. The highest BCUT2D eigenvalue weighted by atomic mass is 32.1. The van der Waals surface area contributed by atoms with Crippen LogP contribution in [0.5, 0.6) is 0 Å². The molecule has 1 aromatic rings. The molecule has 0 unspecified atom stereocenters. The van der Waals surface area contributed by atoms with Crippen LogP contribution < -0.4 is 5.73 Å². The van der Waals surface area contributed by atoms with Crippen molar-refractivity contribution in [3.63, 3.8) is 0 Å². The Morgan fingerprint density at radius 1 is 1.46 bits per heavy atom. The molecule has 74 valence electrons. The third-order valence-corrected chi connectivity index (χ3v) is 3.45. The van der Waals surface area contributed by atoms with Crippen molar-refractivity contribution in [3.8, 4) is 0 Å². The first-order valence-corrected chi connectivity index (χ1v) is 5.52. The molecular weight excluding hydrogens is 180 g/mol. The highest BCUT2D eigenvalue weighted by Crippen LogP contribution is 2.28. The van der Waals surface area contributed by atoms with Gasteiger partial charge in [-0.2, -0.15) is 0 Å². The van der Waals surface area contributed by atoms with E-state index in [1.165, 1.54) is 9.88 Å². The molecule has 0 saturated carbocycles. The number of rotatable bonds is 3. The quantitative estimate of drug-likeness (QED) is 0.810. The molecule has 1 heterocycles. The van der Waals surface area contributed by atoms with Crippen molar-refractivity contribution < 1.29 is 0 Å². The molecule has 0 aliphatic carbocycles. The molecule has 0 atom stereocenters. The first kappa shape index (κ1) is 10.7. The van der Waals surface area contributed by atoms with Crippen molar-refractivity contribution in [3.05, 3.63) is 15.6 Å². The van der Waals surface area contributed by atoms with E-state index in [-0.39, 0.29) is 5.54 Å². The normalized spacial score (nSPS) is 12.1. The van der Waals surface area contributed by atoms with E-state index in [1.807, 2.05) is 20.8 Å². The Labute approximate surface area is 84.2 Å². The average Bonchev–Trinajstić information content (AvgIpc) is 2.30. The van der Waals surface area contributed by atoms with Crippen LogP contribution in [0, 0.1) is 6.92 Å². The standard InChI is InChI=1S/C10H18N2S/c1-5-6-8-12-7(2)9(13-8)10(3,4)11/h5-6,11H2,1-4H3. The number of aromatic nitrogens is 1. The molecule has 1 aromatic heterocycles. The molecule has 0 saturated heterocycles. The van der Waals surface area contributed by atoms with E-state index in [9.17, 15) is 0 Å². The molecule has 2 nitrogen and oxygen atoms in total. The van der Waals surface area contributed by atoms with E-state index in [4.69, 9.17) is 5.73 Å². The van der Waals surface area contributed by atoms with Crippen molar-refractivity contribution in [1.29, 1.82) is 0 Å². The summed E-state index contributed by atoms with van der Waals surface area (Å²) < 4.78 is 0. The number of nitrogens with two attached hydrogens (primary N) is 1. The van der Waals surface area contributed by atoms with E-state index in [0.717, 1.165) is 18.5 Å². The van der Waals surface area contributed by atoms with Gasteiger partial charge in [0.15, 0.2) is 0 Å². The van der Waals surface area contributed by atoms with Crippen LogP contribution >= 0.6 is 11.3 Å². The summed E-state index contributed by atoms with van der Waals surface area (Å²) in [6.07, 6.45) is 2.22. The Bertz CT molecular complexity index is 284. The van der Waals surface area contributed by atoms with Crippen molar-refractivity contribution >= 4 is 11.3 Å². The van der Waals surface area contributed by atoms with Gasteiger partial charge in [-0.1, -0.05) is 6.92 Å². The number of nitrogens with zero attached hydrogens (tertiary/aromatic N) is 1. The smallest absolute Gasteiger partial charge is 0.0931 e. The van der Waals surface area contributed by atoms with Gasteiger partial charge in [0.2, 0.25) is 0 Å². The van der Waals surface area contributed by atoms with Gasteiger partial charge in [-0.25, -0.2) is 4.98 Å². The summed E-state index contributed by atoms with van der Waals surface area (Å²) in [6, 6.07) is 0. The molecule has 1 rings (SSSR count). The lowest BCUT2D eigenvalue weighted by atomic mass is 10.0. The van der Waals surface area contributed by atoms with Gasteiger partial charge in [-0.05, 0) is 33.6 Å². The lowest BCUT2D eigenvalue weighted by Crippen LogP contribution is -2.28. The van der Waals surface area contributed by atoms with Crippen LogP contribution in [0.4, 0.5) is 0 Å². The van der Waals surface area contributed by atoms with Crippen molar-refractivity contribution in [2.45, 2.75) is 46.1 Å². The van der Waals surface area contributed by atoms with Crippen LogP contribution in [0.3, 0.4) is 0 Å². The maximum absolute atomic E-state index is 6.04. The fourth-order valence-electron chi connectivity index (χ4n) is 1.37. The molecule has 0 spiro atoms. The molecule has 0 aromatic carbocycles. The molecule has 3 heteroatoms. The van der Waals surface area contributed by atoms with E-state index in [1.54, 1.807) is 11.3 Å². The maximum Gasteiger partial charge on any atom is 0.0931 e. The summed E-state index contributed by atoms with van der Waals surface area (Å²) in [5.74, 6) is 0. The van der Waals surface area contributed by atoms with Gasteiger partial charge in [-0.15, -0.1) is 11.3 Å². The summed E-state index contributed by atoms with van der Waals surface area (Å²) in [6.45, 7) is 8.27. The molecule has 13 heavy (non-hydrogen) atoms. The van der Waals surface area contributed by atoms with Gasteiger partial charge in [0.05, 0.1) is 10.7 Å². The van der Waals surface area contributed by atoms with Crippen molar-refractivity contribution in [2.24, 2.45) is 5.73 Å². The Hall–Kier alpha value is -0.410. The summed E-state index contributed by atoms with van der Waals surface area (Å²) in [7, 11) is 0. The minimum atomic E-state index is -0.242. The van der Waals surface area contributed by atoms with Crippen molar-refractivity contribution in [2.75, 3.05) is 0 Å². The van der Waals surface area contributed by atoms with E-state index in [0.29, 0.717) is 0 Å². The van der Waals surface area contributed by atoms with Gasteiger partial charge < -0.3 is 5.73 Å². The van der Waals surface area contributed by atoms with Crippen LogP contribution in [-0.4, -0.2) is 4.98 Å². The zero-order valence-corrected chi connectivity index (χ0v) is 9.66. The lowest BCUT2D eigenvalue weighted by molar-refractivity contribution is 0.562. The Morgan fingerprint density at radius 2 is 2.08 bits per heavy atom. The Morgan fingerprint density at radius 3 is 2.46 bits per heavy atom. The Balaban J connectivity index is 2.96. The lowest BCUT2D eigenvalue weighted by Gasteiger charge is -2.16. The van der Waals surface area contributed by atoms with E-state index < -0.39 is 0 Å². The largest absolute Gasteiger partial charge is 0.321 e. The average molecular weight is 198 g/mol. The van der Waals surface area contributed by atoms with Gasteiger partial charge >= 0.3 is 0 Å². The zero-order valence-electron chi connectivity index (χ0n) is 8.85. The van der Waals surface area contributed by atoms with Gasteiger partial charge in [-0.3, -0.25) is 0 Å². The molecule has 0 radical (unpaired) electrons. The third-order valence-electron chi connectivity index (χ3n) is 1.89. The predicted octanol–water partition coefficient (Wildman–Crippen LogP) is 2.60. The van der Waals surface area contributed by atoms with Gasteiger partial charge in [0.1, 0.15) is 0 Å². The summed E-state index contributed by atoms with van der Waals surface area (Å²) >= 11 is 1.75.